The summed E-state index contributed by atoms with van der Waals surface area (Å²) in [4.78, 5) is 16.6. The van der Waals surface area contributed by atoms with Crippen LogP contribution in [0, 0.1) is 20.8 Å². The van der Waals surface area contributed by atoms with Gasteiger partial charge < -0.3 is 14.6 Å². The highest BCUT2D eigenvalue weighted by molar-refractivity contribution is 5.76. The molecule has 0 spiro atoms. The number of aryl methyl sites for hydroxylation is 4. The predicted molar refractivity (Wildman–Crippen MR) is 93.2 cm³/mol. The van der Waals surface area contributed by atoms with Gasteiger partial charge in [0.1, 0.15) is 11.6 Å². The number of amides is 1. The van der Waals surface area contributed by atoms with Crippen molar-refractivity contribution in [2.24, 2.45) is 0 Å². The fourth-order valence-electron chi connectivity index (χ4n) is 3.07. The summed E-state index contributed by atoms with van der Waals surface area (Å²) in [5.41, 5.74) is 3.48. The van der Waals surface area contributed by atoms with Gasteiger partial charge in [-0.3, -0.25) is 4.79 Å². The van der Waals surface area contributed by atoms with E-state index in [0.29, 0.717) is 13.0 Å². The van der Waals surface area contributed by atoms with E-state index in [1.165, 1.54) is 11.1 Å². The number of hydrogen-bond donors (Lipinski definition) is 1. The number of hydrogen-bond acceptors (Lipinski definition) is 3. The molecule has 128 valence electrons. The Morgan fingerprint density at radius 1 is 1.33 bits per heavy atom. The number of carbonyl (C=O) groups is 1. The maximum absolute atomic E-state index is 12.1. The SMILES string of the molecule is Cc1cn2c(n1)CC[C@@H](NC(=O)CCOc1ccc(C)c(C)c1)C2. The molecule has 0 saturated heterocycles. The van der Waals surface area contributed by atoms with Gasteiger partial charge in [-0.05, 0) is 50.5 Å². The van der Waals surface area contributed by atoms with Crippen molar-refractivity contribution in [2.45, 2.75) is 52.6 Å². The lowest BCUT2D eigenvalue weighted by atomic mass is 10.1. The van der Waals surface area contributed by atoms with Crippen molar-refractivity contribution in [1.82, 2.24) is 14.9 Å². The Labute approximate surface area is 143 Å². The van der Waals surface area contributed by atoms with Crippen LogP contribution < -0.4 is 10.1 Å². The lowest BCUT2D eigenvalue weighted by Crippen LogP contribution is -2.41. The predicted octanol–water partition coefficient (Wildman–Crippen LogP) is 2.71. The van der Waals surface area contributed by atoms with Crippen molar-refractivity contribution in [2.75, 3.05) is 6.61 Å². The number of aromatic nitrogens is 2. The van der Waals surface area contributed by atoms with E-state index in [1.807, 2.05) is 25.1 Å². The van der Waals surface area contributed by atoms with Crippen molar-refractivity contribution in [1.29, 1.82) is 0 Å². The number of imidazole rings is 1. The number of benzene rings is 1. The highest BCUT2D eigenvalue weighted by atomic mass is 16.5. The third kappa shape index (κ3) is 3.96. The molecule has 2 heterocycles. The van der Waals surface area contributed by atoms with Crippen LogP contribution in [0.15, 0.2) is 24.4 Å². The van der Waals surface area contributed by atoms with Gasteiger partial charge in [0.05, 0.1) is 18.7 Å². The molecule has 5 heteroatoms. The Morgan fingerprint density at radius 2 is 2.17 bits per heavy atom. The number of nitrogens with zero attached hydrogens (tertiary/aromatic N) is 2. The molecule has 0 fully saturated rings. The fraction of sp³-hybridized carbons (Fsp3) is 0.474. The lowest BCUT2D eigenvalue weighted by Gasteiger charge is -2.24. The number of ether oxygens (including phenoxy) is 1. The first-order valence-corrected chi connectivity index (χ1v) is 8.53. The highest BCUT2D eigenvalue weighted by Gasteiger charge is 2.21. The summed E-state index contributed by atoms with van der Waals surface area (Å²) < 4.78 is 7.83. The molecule has 1 aromatic heterocycles. The third-order valence-corrected chi connectivity index (χ3v) is 4.55. The molecule has 24 heavy (non-hydrogen) atoms. The van der Waals surface area contributed by atoms with Gasteiger partial charge in [-0.1, -0.05) is 6.07 Å². The van der Waals surface area contributed by atoms with Gasteiger partial charge in [0.2, 0.25) is 5.91 Å². The minimum atomic E-state index is 0.0455. The Balaban J connectivity index is 1.44. The van der Waals surface area contributed by atoms with Crippen molar-refractivity contribution >= 4 is 5.91 Å². The molecule has 1 aromatic carbocycles. The van der Waals surface area contributed by atoms with E-state index in [0.717, 1.165) is 36.7 Å². The molecule has 1 aliphatic heterocycles. The smallest absolute Gasteiger partial charge is 0.223 e. The minimum Gasteiger partial charge on any atom is -0.493 e. The van der Waals surface area contributed by atoms with Gasteiger partial charge in [-0.25, -0.2) is 4.98 Å². The Bertz CT molecular complexity index is 736. The first kappa shape index (κ1) is 16.6. The number of carbonyl (C=O) groups excluding carboxylic acids is 1. The van der Waals surface area contributed by atoms with Crippen LogP contribution in [0.2, 0.25) is 0 Å². The van der Waals surface area contributed by atoms with Gasteiger partial charge in [-0.2, -0.15) is 0 Å². The molecule has 1 aliphatic rings. The van der Waals surface area contributed by atoms with Crippen molar-refractivity contribution in [3.05, 3.63) is 47.0 Å². The molecule has 0 radical (unpaired) electrons. The molecule has 0 unspecified atom stereocenters. The monoisotopic (exact) mass is 327 g/mol. The molecule has 0 saturated carbocycles. The van der Waals surface area contributed by atoms with E-state index >= 15 is 0 Å². The second-order valence-electron chi connectivity index (χ2n) is 6.60. The van der Waals surface area contributed by atoms with Crippen molar-refractivity contribution in [3.8, 4) is 5.75 Å². The van der Waals surface area contributed by atoms with Crippen LogP contribution in [0.1, 0.15) is 35.5 Å². The first-order chi connectivity index (χ1) is 11.5. The van der Waals surface area contributed by atoms with E-state index in [4.69, 9.17) is 4.74 Å². The summed E-state index contributed by atoms with van der Waals surface area (Å²) >= 11 is 0. The zero-order valence-corrected chi connectivity index (χ0v) is 14.6. The standard InChI is InChI=1S/C19H25N3O2/c1-13-4-6-17(10-14(13)2)24-9-8-19(23)21-16-5-7-18-20-15(3)11-22(18)12-16/h4,6,10-11,16H,5,7-9,12H2,1-3H3,(H,21,23)/t16-/m1/s1. The maximum Gasteiger partial charge on any atom is 0.223 e. The van der Waals surface area contributed by atoms with Gasteiger partial charge in [0, 0.05) is 25.2 Å². The molecule has 2 aromatic rings. The summed E-state index contributed by atoms with van der Waals surface area (Å²) in [7, 11) is 0. The maximum atomic E-state index is 12.1. The van der Waals surface area contributed by atoms with Gasteiger partial charge in [-0.15, -0.1) is 0 Å². The molecule has 3 rings (SSSR count). The zero-order chi connectivity index (χ0) is 17.1. The van der Waals surface area contributed by atoms with E-state index in [9.17, 15) is 4.79 Å². The molecular formula is C19H25N3O2. The third-order valence-electron chi connectivity index (χ3n) is 4.55. The average molecular weight is 327 g/mol. The minimum absolute atomic E-state index is 0.0455. The highest BCUT2D eigenvalue weighted by Crippen LogP contribution is 2.17. The van der Waals surface area contributed by atoms with Crippen LogP contribution in [0.3, 0.4) is 0 Å². The van der Waals surface area contributed by atoms with Crippen LogP contribution >= 0.6 is 0 Å². The van der Waals surface area contributed by atoms with E-state index < -0.39 is 0 Å². The number of nitrogens with one attached hydrogen (secondary N) is 1. The largest absolute Gasteiger partial charge is 0.493 e. The summed E-state index contributed by atoms with van der Waals surface area (Å²) in [6.07, 6.45) is 4.29. The quantitative estimate of drug-likeness (QED) is 0.918. The average Bonchev–Trinajstić information content (AvgIpc) is 2.90. The normalized spacial score (nSPS) is 16.5. The molecular weight excluding hydrogens is 302 g/mol. The molecule has 1 atom stereocenters. The Kier molecular flexibility index (Phi) is 4.88. The molecule has 0 bridgehead atoms. The van der Waals surface area contributed by atoms with Crippen LogP contribution in [-0.2, 0) is 17.8 Å². The second kappa shape index (κ2) is 7.07. The molecule has 1 N–H and O–H groups in total. The van der Waals surface area contributed by atoms with E-state index in [2.05, 4.69) is 34.9 Å². The molecule has 0 aliphatic carbocycles. The van der Waals surface area contributed by atoms with Crippen LogP contribution in [0.5, 0.6) is 5.75 Å². The van der Waals surface area contributed by atoms with Crippen LogP contribution in [-0.4, -0.2) is 28.1 Å². The first-order valence-electron chi connectivity index (χ1n) is 8.53. The zero-order valence-electron chi connectivity index (χ0n) is 14.6. The summed E-state index contributed by atoms with van der Waals surface area (Å²) in [5, 5.41) is 3.11. The number of fused-ring (bicyclic) bond motifs is 1. The summed E-state index contributed by atoms with van der Waals surface area (Å²) in [6, 6.07) is 6.18. The van der Waals surface area contributed by atoms with Crippen molar-refractivity contribution < 1.29 is 9.53 Å². The van der Waals surface area contributed by atoms with E-state index in [1.54, 1.807) is 0 Å². The van der Waals surface area contributed by atoms with Gasteiger partial charge >= 0.3 is 0 Å². The fourth-order valence-corrected chi connectivity index (χ4v) is 3.07. The molecule has 1 amide bonds. The van der Waals surface area contributed by atoms with Gasteiger partial charge in [0.15, 0.2) is 0 Å². The Hall–Kier alpha value is -2.30. The molecule has 5 nitrogen and oxygen atoms in total. The summed E-state index contributed by atoms with van der Waals surface area (Å²) in [5.74, 6) is 1.99. The summed E-state index contributed by atoms with van der Waals surface area (Å²) in [6.45, 7) is 7.34. The van der Waals surface area contributed by atoms with E-state index in [-0.39, 0.29) is 11.9 Å². The topological polar surface area (TPSA) is 56.2 Å². The van der Waals surface area contributed by atoms with Crippen LogP contribution in [0.25, 0.3) is 0 Å². The number of rotatable bonds is 5. The lowest BCUT2D eigenvalue weighted by molar-refractivity contribution is -0.122. The Morgan fingerprint density at radius 3 is 2.96 bits per heavy atom. The van der Waals surface area contributed by atoms with Gasteiger partial charge in [0.25, 0.3) is 0 Å². The second-order valence-corrected chi connectivity index (χ2v) is 6.60. The van der Waals surface area contributed by atoms with Crippen LogP contribution in [0.4, 0.5) is 0 Å². The van der Waals surface area contributed by atoms with Crippen molar-refractivity contribution in [3.63, 3.8) is 0 Å².